The molecule has 0 amide bonds. The molecule has 0 radical (unpaired) electrons. The molecule has 0 bridgehead atoms. The highest BCUT2D eigenvalue weighted by Crippen LogP contribution is 2.45. The van der Waals surface area contributed by atoms with Crippen molar-refractivity contribution in [2.24, 2.45) is 5.92 Å². The van der Waals surface area contributed by atoms with Gasteiger partial charge in [0.25, 0.3) is 0 Å². The van der Waals surface area contributed by atoms with E-state index in [1.165, 1.54) is 11.6 Å². The summed E-state index contributed by atoms with van der Waals surface area (Å²) in [6, 6.07) is 3.10. The summed E-state index contributed by atoms with van der Waals surface area (Å²) in [4.78, 5) is 0. The first kappa shape index (κ1) is 13.7. The van der Waals surface area contributed by atoms with E-state index in [4.69, 9.17) is 4.11 Å². The SMILES string of the molecule is [3H]C([3H])([3H])CCCCc1cc(O)cc(O)c1[C@@H]1C=C(C)CC[C@H]1C(=C)C. The normalized spacial score (nSPS) is 23.6. The molecule has 126 valence electrons. The van der Waals surface area contributed by atoms with Crippen molar-refractivity contribution in [2.75, 3.05) is 0 Å². The highest BCUT2D eigenvalue weighted by Gasteiger charge is 2.29. The molecule has 2 N–H and O–H groups in total. The van der Waals surface area contributed by atoms with Crippen LogP contribution >= 0.6 is 0 Å². The number of allylic oxidation sites excluding steroid dienone is 3. The predicted molar refractivity (Wildman–Crippen MR) is 97.0 cm³/mol. The van der Waals surface area contributed by atoms with Gasteiger partial charge in [-0.05, 0) is 57.1 Å². The van der Waals surface area contributed by atoms with Crippen molar-refractivity contribution in [3.8, 4) is 11.5 Å². The van der Waals surface area contributed by atoms with Crippen LogP contribution in [-0.2, 0) is 6.42 Å². The first-order valence-electron chi connectivity index (χ1n) is 9.96. The third-order valence-electron chi connectivity index (χ3n) is 4.82. The molecule has 0 aliphatic heterocycles. The van der Waals surface area contributed by atoms with E-state index in [0.717, 1.165) is 29.5 Å². The van der Waals surface area contributed by atoms with Crippen molar-refractivity contribution in [1.82, 2.24) is 0 Å². The quantitative estimate of drug-likeness (QED) is 0.510. The van der Waals surface area contributed by atoms with Crippen molar-refractivity contribution in [2.45, 2.75) is 65.1 Å². The zero-order valence-corrected chi connectivity index (χ0v) is 14.2. The fraction of sp³-hybridized carbons (Fsp3) is 0.524. The number of phenols is 2. The Bertz CT molecular complexity index is 689. The fourth-order valence-electron chi connectivity index (χ4n) is 3.62. The number of phenolic OH excluding ortho intramolecular Hbond substituents is 2. The van der Waals surface area contributed by atoms with Crippen molar-refractivity contribution in [3.05, 3.63) is 47.1 Å². The first-order valence-corrected chi connectivity index (χ1v) is 8.46. The Kier molecular flexibility index (Phi) is 4.60. The topological polar surface area (TPSA) is 40.5 Å². The minimum Gasteiger partial charge on any atom is -0.508 e. The van der Waals surface area contributed by atoms with Crippen LogP contribution in [0.25, 0.3) is 0 Å². The third kappa shape index (κ3) is 4.19. The molecule has 1 aromatic carbocycles. The van der Waals surface area contributed by atoms with E-state index in [9.17, 15) is 10.2 Å². The summed E-state index contributed by atoms with van der Waals surface area (Å²) in [5, 5.41) is 20.5. The van der Waals surface area contributed by atoms with E-state index in [1.807, 2.05) is 6.92 Å². The van der Waals surface area contributed by atoms with Gasteiger partial charge in [0.1, 0.15) is 11.5 Å². The van der Waals surface area contributed by atoms with E-state index in [-0.39, 0.29) is 29.8 Å². The third-order valence-corrected chi connectivity index (χ3v) is 4.82. The summed E-state index contributed by atoms with van der Waals surface area (Å²) >= 11 is 0. The highest BCUT2D eigenvalue weighted by atomic mass is 16.3. The maximum absolute atomic E-state index is 10.6. The lowest BCUT2D eigenvalue weighted by Gasteiger charge is -2.32. The molecule has 1 aromatic rings. The summed E-state index contributed by atoms with van der Waals surface area (Å²) in [7, 11) is 0. The molecule has 1 aliphatic carbocycles. The largest absolute Gasteiger partial charge is 0.508 e. The molecule has 0 spiro atoms. The van der Waals surface area contributed by atoms with Gasteiger partial charge in [-0.2, -0.15) is 0 Å². The number of benzene rings is 1. The number of aromatic hydroxyl groups is 2. The molecular formula is C21H30O2. The summed E-state index contributed by atoms with van der Waals surface area (Å²) in [5.74, 6) is 0.452. The molecule has 0 heterocycles. The highest BCUT2D eigenvalue weighted by molar-refractivity contribution is 5.50. The second kappa shape index (κ2) is 7.72. The van der Waals surface area contributed by atoms with Gasteiger partial charge >= 0.3 is 0 Å². The van der Waals surface area contributed by atoms with E-state index in [1.54, 1.807) is 6.07 Å². The lowest BCUT2D eigenvalue weighted by atomic mass is 9.72. The van der Waals surface area contributed by atoms with E-state index >= 15 is 0 Å². The smallest absolute Gasteiger partial charge is 0.123 e. The van der Waals surface area contributed by atoms with Crippen LogP contribution in [0.4, 0.5) is 0 Å². The molecule has 2 rings (SSSR count). The summed E-state index contributed by atoms with van der Waals surface area (Å²) in [6.07, 6.45) is 6.36. The zero-order chi connectivity index (χ0) is 19.5. The van der Waals surface area contributed by atoms with Crippen LogP contribution in [0.1, 0.15) is 74.0 Å². The molecular weight excluding hydrogens is 284 g/mol. The maximum atomic E-state index is 10.6. The van der Waals surface area contributed by atoms with Crippen molar-refractivity contribution >= 4 is 0 Å². The maximum Gasteiger partial charge on any atom is 0.123 e. The van der Waals surface area contributed by atoms with Crippen LogP contribution in [0, 0.1) is 5.92 Å². The number of unbranched alkanes of at least 4 members (excludes halogenated alkanes) is 1. The van der Waals surface area contributed by atoms with E-state index < -0.39 is 6.85 Å². The monoisotopic (exact) mass is 320 g/mol. The summed E-state index contributed by atoms with van der Waals surface area (Å²) in [5.41, 5.74) is 4.15. The van der Waals surface area contributed by atoms with Gasteiger partial charge in [0.2, 0.25) is 0 Å². The van der Waals surface area contributed by atoms with Gasteiger partial charge in [0, 0.05) is 21.7 Å². The second-order valence-corrected chi connectivity index (χ2v) is 6.78. The Labute approximate surface area is 144 Å². The van der Waals surface area contributed by atoms with Crippen molar-refractivity contribution in [3.63, 3.8) is 0 Å². The van der Waals surface area contributed by atoms with Gasteiger partial charge in [-0.25, -0.2) is 0 Å². The number of hydrogen-bond donors (Lipinski definition) is 2. The van der Waals surface area contributed by atoms with E-state index in [2.05, 4.69) is 19.6 Å². The molecule has 0 aromatic heterocycles. The minimum absolute atomic E-state index is 0.0412. The van der Waals surface area contributed by atoms with Gasteiger partial charge in [0.05, 0.1) is 0 Å². The van der Waals surface area contributed by atoms with Crippen LogP contribution in [0.3, 0.4) is 0 Å². The molecule has 0 fully saturated rings. The van der Waals surface area contributed by atoms with Crippen LogP contribution in [0.2, 0.25) is 0 Å². The van der Waals surface area contributed by atoms with Crippen LogP contribution in [0.5, 0.6) is 11.5 Å². The van der Waals surface area contributed by atoms with Crippen molar-refractivity contribution < 1.29 is 14.3 Å². The minimum atomic E-state index is -1.90. The standard InChI is InChI=1S/C21H30O2/c1-5-6-7-8-16-12-17(22)13-20(23)21(16)19-11-15(4)9-10-18(19)14(2)3/h11-13,18-19,22-23H,2,5-10H2,1,3-4H3/t18-,19+/m0/s1/i1T3. The van der Waals surface area contributed by atoms with Gasteiger partial charge in [-0.1, -0.05) is 43.5 Å². The summed E-state index contributed by atoms with van der Waals surface area (Å²) in [6.45, 7) is 6.37. The molecule has 23 heavy (non-hydrogen) atoms. The Balaban J connectivity index is 2.31. The number of aryl methyl sites for hydroxylation is 1. The second-order valence-electron chi connectivity index (χ2n) is 6.78. The van der Waals surface area contributed by atoms with Crippen LogP contribution in [0.15, 0.2) is 35.9 Å². The zero-order valence-electron chi connectivity index (χ0n) is 17.2. The van der Waals surface area contributed by atoms with Gasteiger partial charge < -0.3 is 10.2 Å². The van der Waals surface area contributed by atoms with Gasteiger partial charge in [0.15, 0.2) is 0 Å². The molecule has 0 unspecified atom stereocenters. The fourth-order valence-corrected chi connectivity index (χ4v) is 3.62. The molecule has 2 atom stereocenters. The molecule has 2 heteroatoms. The average molecular weight is 320 g/mol. The predicted octanol–water partition coefficient (Wildman–Crippen LogP) is 5.85. The molecule has 0 saturated heterocycles. The average Bonchev–Trinajstić information content (AvgIpc) is 2.49. The molecule has 2 nitrogen and oxygen atoms in total. The van der Waals surface area contributed by atoms with Crippen molar-refractivity contribution in [1.29, 1.82) is 0 Å². The lowest BCUT2D eigenvalue weighted by molar-refractivity contribution is 0.423. The Morgan fingerprint density at radius 2 is 2.13 bits per heavy atom. The molecule has 1 aliphatic rings. The molecule has 0 saturated carbocycles. The van der Waals surface area contributed by atoms with Gasteiger partial charge in [-0.3, -0.25) is 0 Å². The van der Waals surface area contributed by atoms with Crippen LogP contribution < -0.4 is 0 Å². The summed E-state index contributed by atoms with van der Waals surface area (Å²) < 4.78 is 22.0. The van der Waals surface area contributed by atoms with E-state index in [0.29, 0.717) is 19.3 Å². The van der Waals surface area contributed by atoms with Crippen LogP contribution in [-0.4, -0.2) is 10.2 Å². The number of hydrogen-bond acceptors (Lipinski definition) is 2. The Morgan fingerprint density at radius 1 is 1.35 bits per heavy atom. The Hall–Kier alpha value is -1.70. The lowest BCUT2D eigenvalue weighted by Crippen LogP contribution is -2.18. The van der Waals surface area contributed by atoms with Gasteiger partial charge in [-0.15, -0.1) is 0 Å². The first-order chi connectivity index (χ1) is 12.1. The number of rotatable bonds is 6. The Morgan fingerprint density at radius 3 is 2.83 bits per heavy atom.